The zero-order chi connectivity index (χ0) is 13.8. The topological polar surface area (TPSA) is 81.1 Å². The van der Waals surface area contributed by atoms with Crippen molar-refractivity contribution in [3.63, 3.8) is 0 Å². The molecule has 0 aliphatic rings. The van der Waals surface area contributed by atoms with Gasteiger partial charge in [-0.25, -0.2) is 9.97 Å². The van der Waals surface area contributed by atoms with Gasteiger partial charge in [0.15, 0.2) is 12.8 Å². The van der Waals surface area contributed by atoms with Gasteiger partial charge in [-0.15, -0.1) is 21.5 Å². The maximum absolute atomic E-state index is 5.01. The first-order valence-corrected chi connectivity index (χ1v) is 6.87. The molecule has 3 aromatic heterocycles. The lowest BCUT2D eigenvalue weighted by Crippen LogP contribution is -2.22. The average molecular weight is 291 g/mol. The minimum atomic E-state index is 0.655. The van der Waals surface area contributed by atoms with Crippen LogP contribution < -0.4 is 0 Å². The third-order valence-electron chi connectivity index (χ3n) is 2.66. The number of oxazole rings is 2. The highest BCUT2D eigenvalue weighted by atomic mass is 32.1. The predicted molar refractivity (Wildman–Crippen MR) is 70.6 cm³/mol. The van der Waals surface area contributed by atoms with Gasteiger partial charge in [0.1, 0.15) is 22.5 Å². The molecule has 104 valence electrons. The maximum atomic E-state index is 5.01. The van der Waals surface area contributed by atoms with Gasteiger partial charge in [0.2, 0.25) is 0 Å². The summed E-state index contributed by atoms with van der Waals surface area (Å²) in [5, 5.41) is 10.1. The molecule has 0 N–H and O–H groups in total. The molecular formula is C12H13N5O2S. The third kappa shape index (κ3) is 3.28. The normalized spacial score (nSPS) is 11.3. The molecule has 8 heteroatoms. The quantitative estimate of drug-likeness (QED) is 0.687. The molecule has 0 fully saturated rings. The van der Waals surface area contributed by atoms with Crippen LogP contribution in [0.1, 0.15) is 21.4 Å². The second-order valence-electron chi connectivity index (χ2n) is 4.32. The van der Waals surface area contributed by atoms with Crippen molar-refractivity contribution in [2.45, 2.75) is 26.6 Å². The van der Waals surface area contributed by atoms with Crippen LogP contribution in [-0.4, -0.2) is 25.1 Å². The standard InChI is InChI=1S/C12H13N5O2S/c1-9-15-16-12(20-9)4-17(2-10-5-18-7-13-10)3-11-6-19-8-14-11/h5-8H,2-4H2,1H3. The largest absolute Gasteiger partial charge is 0.451 e. The Bertz CT molecular complexity index is 598. The van der Waals surface area contributed by atoms with Gasteiger partial charge in [0.05, 0.1) is 17.9 Å². The van der Waals surface area contributed by atoms with E-state index in [2.05, 4.69) is 25.1 Å². The number of hydrogen-bond acceptors (Lipinski definition) is 8. The van der Waals surface area contributed by atoms with Crippen LogP contribution in [0.15, 0.2) is 34.1 Å². The van der Waals surface area contributed by atoms with Crippen LogP contribution in [0.3, 0.4) is 0 Å². The van der Waals surface area contributed by atoms with E-state index in [-0.39, 0.29) is 0 Å². The van der Waals surface area contributed by atoms with Crippen molar-refractivity contribution >= 4 is 11.3 Å². The van der Waals surface area contributed by atoms with Crippen LogP contribution >= 0.6 is 11.3 Å². The molecule has 3 aromatic rings. The number of nitrogens with zero attached hydrogens (tertiary/aromatic N) is 5. The SMILES string of the molecule is Cc1nnc(CN(Cc2cocn2)Cc2cocn2)s1. The molecule has 0 spiro atoms. The summed E-state index contributed by atoms with van der Waals surface area (Å²) in [6, 6.07) is 0. The zero-order valence-electron chi connectivity index (χ0n) is 10.9. The fourth-order valence-electron chi connectivity index (χ4n) is 1.85. The van der Waals surface area contributed by atoms with E-state index >= 15 is 0 Å². The molecule has 0 amide bonds. The molecule has 0 radical (unpaired) electrons. The highest BCUT2D eigenvalue weighted by Gasteiger charge is 2.13. The van der Waals surface area contributed by atoms with E-state index in [9.17, 15) is 0 Å². The maximum Gasteiger partial charge on any atom is 0.180 e. The summed E-state index contributed by atoms with van der Waals surface area (Å²) in [7, 11) is 0. The van der Waals surface area contributed by atoms with Crippen molar-refractivity contribution in [1.82, 2.24) is 25.1 Å². The van der Waals surface area contributed by atoms with Gasteiger partial charge < -0.3 is 8.83 Å². The Hall–Kier alpha value is -2.06. The van der Waals surface area contributed by atoms with Gasteiger partial charge in [0, 0.05) is 13.1 Å². The van der Waals surface area contributed by atoms with Gasteiger partial charge >= 0.3 is 0 Å². The minimum absolute atomic E-state index is 0.655. The highest BCUT2D eigenvalue weighted by molar-refractivity contribution is 7.11. The molecular weight excluding hydrogens is 278 g/mol. The van der Waals surface area contributed by atoms with E-state index in [4.69, 9.17) is 8.83 Å². The first-order valence-electron chi connectivity index (χ1n) is 6.05. The van der Waals surface area contributed by atoms with Gasteiger partial charge in [-0.1, -0.05) is 0 Å². The van der Waals surface area contributed by atoms with Crippen molar-refractivity contribution < 1.29 is 8.83 Å². The fourth-order valence-corrected chi connectivity index (χ4v) is 2.60. The molecule has 3 rings (SSSR count). The second-order valence-corrected chi connectivity index (χ2v) is 5.59. The molecule has 0 saturated heterocycles. The van der Waals surface area contributed by atoms with Gasteiger partial charge in [-0.2, -0.15) is 0 Å². The first kappa shape index (κ1) is 12.9. The summed E-state index contributed by atoms with van der Waals surface area (Å²) in [4.78, 5) is 10.5. The Morgan fingerprint density at radius 3 is 2.10 bits per heavy atom. The van der Waals surface area contributed by atoms with E-state index in [0.717, 1.165) is 21.4 Å². The van der Waals surface area contributed by atoms with Crippen molar-refractivity contribution in [2.24, 2.45) is 0 Å². The Morgan fingerprint density at radius 1 is 1.00 bits per heavy atom. The molecule has 7 nitrogen and oxygen atoms in total. The Labute approximate surface area is 119 Å². The van der Waals surface area contributed by atoms with Gasteiger partial charge in [-0.05, 0) is 6.92 Å². The molecule has 0 atom stereocenters. The Kier molecular flexibility index (Phi) is 3.84. The van der Waals surface area contributed by atoms with E-state index < -0.39 is 0 Å². The van der Waals surface area contributed by atoms with E-state index in [1.54, 1.807) is 23.9 Å². The summed E-state index contributed by atoms with van der Waals surface area (Å²) in [5.74, 6) is 0. The van der Waals surface area contributed by atoms with Crippen LogP contribution in [0.25, 0.3) is 0 Å². The molecule has 20 heavy (non-hydrogen) atoms. The predicted octanol–water partition coefficient (Wildman–Crippen LogP) is 2.02. The number of aromatic nitrogens is 4. The molecule has 3 heterocycles. The lowest BCUT2D eigenvalue weighted by atomic mass is 10.3. The van der Waals surface area contributed by atoms with Crippen LogP contribution in [0.4, 0.5) is 0 Å². The first-order chi connectivity index (χ1) is 9.79. The smallest absolute Gasteiger partial charge is 0.180 e. The molecule has 0 bridgehead atoms. The summed E-state index contributed by atoms with van der Waals surface area (Å²) in [6.07, 6.45) is 6.14. The Balaban J connectivity index is 1.72. The van der Waals surface area contributed by atoms with E-state index in [1.165, 1.54) is 12.8 Å². The molecule has 0 aliphatic heterocycles. The summed E-state index contributed by atoms with van der Waals surface area (Å²) < 4.78 is 10.0. The second kappa shape index (κ2) is 5.93. The number of aryl methyl sites for hydroxylation is 1. The van der Waals surface area contributed by atoms with Crippen LogP contribution in [0.5, 0.6) is 0 Å². The third-order valence-corrected chi connectivity index (χ3v) is 3.49. The number of hydrogen-bond donors (Lipinski definition) is 0. The van der Waals surface area contributed by atoms with Crippen molar-refractivity contribution in [3.8, 4) is 0 Å². The van der Waals surface area contributed by atoms with E-state index in [0.29, 0.717) is 19.6 Å². The molecule has 0 saturated carbocycles. The lowest BCUT2D eigenvalue weighted by Gasteiger charge is -2.18. The minimum Gasteiger partial charge on any atom is -0.451 e. The highest BCUT2D eigenvalue weighted by Crippen LogP contribution is 2.15. The summed E-state index contributed by atoms with van der Waals surface area (Å²) in [5.41, 5.74) is 1.74. The van der Waals surface area contributed by atoms with Crippen molar-refractivity contribution in [1.29, 1.82) is 0 Å². The fraction of sp³-hybridized carbons (Fsp3) is 0.333. The van der Waals surface area contributed by atoms with Crippen LogP contribution in [0, 0.1) is 6.92 Å². The van der Waals surface area contributed by atoms with Gasteiger partial charge in [-0.3, -0.25) is 4.90 Å². The molecule has 0 aromatic carbocycles. The van der Waals surface area contributed by atoms with Gasteiger partial charge in [0.25, 0.3) is 0 Å². The molecule has 0 unspecified atom stereocenters. The van der Waals surface area contributed by atoms with Crippen LogP contribution in [-0.2, 0) is 19.6 Å². The summed E-state index contributed by atoms with van der Waals surface area (Å²) >= 11 is 1.59. The zero-order valence-corrected chi connectivity index (χ0v) is 11.7. The van der Waals surface area contributed by atoms with Crippen molar-refractivity contribution in [3.05, 3.63) is 46.7 Å². The summed E-state index contributed by atoms with van der Waals surface area (Å²) in [6.45, 7) is 3.94. The monoisotopic (exact) mass is 291 g/mol. The van der Waals surface area contributed by atoms with E-state index in [1.807, 2.05) is 6.92 Å². The average Bonchev–Trinajstić information content (AvgIpc) is 3.13. The number of rotatable bonds is 6. The van der Waals surface area contributed by atoms with Crippen molar-refractivity contribution in [2.75, 3.05) is 0 Å². The lowest BCUT2D eigenvalue weighted by molar-refractivity contribution is 0.240. The Morgan fingerprint density at radius 2 is 1.65 bits per heavy atom. The van der Waals surface area contributed by atoms with Crippen LogP contribution in [0.2, 0.25) is 0 Å². The molecule has 0 aliphatic carbocycles.